The minimum Gasteiger partial charge on any atom is -0.507 e. The Morgan fingerprint density at radius 1 is 0.949 bits per heavy atom. The van der Waals surface area contributed by atoms with E-state index in [-0.39, 0.29) is 11.3 Å². The third-order valence-electron chi connectivity index (χ3n) is 6.89. The number of rotatable bonds is 11. The molecule has 3 aromatic rings. The second-order valence-electron chi connectivity index (χ2n) is 10.3. The van der Waals surface area contributed by atoms with Gasteiger partial charge in [-0.3, -0.25) is 9.59 Å². The van der Waals surface area contributed by atoms with Crippen molar-refractivity contribution in [3.63, 3.8) is 0 Å². The van der Waals surface area contributed by atoms with Crippen LogP contribution in [0.25, 0.3) is 5.76 Å². The highest BCUT2D eigenvalue weighted by Crippen LogP contribution is 2.42. The van der Waals surface area contributed by atoms with Crippen LogP contribution in [0.15, 0.2) is 78.4 Å². The fraction of sp³-hybridized carbons (Fsp3) is 0.333. The van der Waals surface area contributed by atoms with Crippen molar-refractivity contribution in [2.75, 3.05) is 19.8 Å². The topological polar surface area (TPSA) is 76.1 Å². The quantitative estimate of drug-likeness (QED) is 0.175. The number of aliphatic hydroxyl groups is 1. The van der Waals surface area contributed by atoms with E-state index in [2.05, 4.69) is 13.8 Å². The van der Waals surface area contributed by atoms with Gasteiger partial charge in [0.05, 0.1) is 24.8 Å². The Kier molecular flexibility index (Phi) is 9.07. The number of benzene rings is 3. The molecule has 6 heteroatoms. The van der Waals surface area contributed by atoms with E-state index in [0.717, 1.165) is 17.5 Å². The molecule has 204 valence electrons. The van der Waals surface area contributed by atoms with Crippen molar-refractivity contribution in [1.82, 2.24) is 4.90 Å². The lowest BCUT2D eigenvalue weighted by atomic mass is 9.94. The minimum atomic E-state index is -0.765. The maximum absolute atomic E-state index is 13.4. The van der Waals surface area contributed by atoms with Crippen molar-refractivity contribution >= 4 is 17.4 Å². The Bertz CT molecular complexity index is 1330. The van der Waals surface area contributed by atoms with E-state index >= 15 is 0 Å². The van der Waals surface area contributed by atoms with E-state index in [9.17, 15) is 14.7 Å². The van der Waals surface area contributed by atoms with Crippen LogP contribution >= 0.6 is 0 Å². The van der Waals surface area contributed by atoms with Gasteiger partial charge in [0, 0.05) is 12.1 Å². The van der Waals surface area contributed by atoms with Gasteiger partial charge in [0.15, 0.2) is 11.5 Å². The molecular formula is C33H37NO5. The first kappa shape index (κ1) is 28.0. The Morgan fingerprint density at radius 2 is 1.67 bits per heavy atom. The third kappa shape index (κ3) is 6.51. The van der Waals surface area contributed by atoms with E-state index < -0.39 is 17.7 Å². The molecule has 1 aliphatic heterocycles. The fourth-order valence-corrected chi connectivity index (χ4v) is 4.71. The summed E-state index contributed by atoms with van der Waals surface area (Å²) in [6.45, 7) is 9.44. The molecule has 1 unspecified atom stereocenters. The molecule has 4 rings (SSSR count). The van der Waals surface area contributed by atoms with Gasteiger partial charge in [0.25, 0.3) is 11.7 Å². The first-order valence-corrected chi connectivity index (χ1v) is 13.6. The fourth-order valence-electron chi connectivity index (χ4n) is 4.71. The zero-order valence-corrected chi connectivity index (χ0v) is 23.1. The van der Waals surface area contributed by atoms with Crippen molar-refractivity contribution in [3.05, 3.63) is 101 Å². The molecule has 1 fully saturated rings. The second kappa shape index (κ2) is 12.7. The first-order chi connectivity index (χ1) is 18.8. The normalized spacial score (nSPS) is 16.6. The molecular weight excluding hydrogens is 490 g/mol. The summed E-state index contributed by atoms with van der Waals surface area (Å²) in [6, 6.07) is 21.8. The lowest BCUT2D eigenvalue weighted by Crippen LogP contribution is -2.31. The lowest BCUT2D eigenvalue weighted by molar-refractivity contribution is -0.139. The average molecular weight is 528 g/mol. The molecule has 0 saturated carbocycles. The monoisotopic (exact) mass is 527 g/mol. The summed E-state index contributed by atoms with van der Waals surface area (Å²) in [5.41, 5.74) is 3.33. The van der Waals surface area contributed by atoms with Crippen LogP contribution < -0.4 is 9.47 Å². The summed E-state index contributed by atoms with van der Waals surface area (Å²) in [7, 11) is 0. The molecule has 1 N–H and O–H groups in total. The number of Topliss-reactive ketones (excluding diaryl/α,β-unsaturated/α-hetero) is 1. The van der Waals surface area contributed by atoms with Crippen molar-refractivity contribution in [3.8, 4) is 11.5 Å². The summed E-state index contributed by atoms with van der Waals surface area (Å²) in [5.74, 6) is 0.159. The third-order valence-corrected chi connectivity index (χ3v) is 6.89. The van der Waals surface area contributed by atoms with Gasteiger partial charge in [-0.05, 0) is 55.9 Å². The van der Waals surface area contributed by atoms with Crippen LogP contribution in [0, 0.1) is 12.8 Å². The Hall–Kier alpha value is -4.06. The molecule has 0 aromatic heterocycles. The molecule has 1 atom stereocenters. The number of amides is 1. The number of aliphatic hydroxyl groups excluding tert-OH is 1. The lowest BCUT2D eigenvalue weighted by Gasteiger charge is -2.26. The van der Waals surface area contributed by atoms with Crippen LogP contribution in [-0.2, 0) is 16.0 Å². The van der Waals surface area contributed by atoms with E-state index in [1.54, 1.807) is 17.0 Å². The highest BCUT2D eigenvalue weighted by molar-refractivity contribution is 6.46. The molecule has 1 amide bonds. The van der Waals surface area contributed by atoms with Crippen molar-refractivity contribution in [2.45, 2.75) is 46.6 Å². The van der Waals surface area contributed by atoms with E-state index in [4.69, 9.17) is 9.47 Å². The maximum Gasteiger partial charge on any atom is 0.295 e. The standard InChI is InChI=1S/C33H37NO5/c1-5-38-28-21-26(15-16-27(28)39-20-18-22(2)3)30-29(31(35)25-13-11-23(4)12-14-25)32(36)33(37)34(30)19-17-24-9-7-6-8-10-24/h6-16,21-22,30,35H,5,17-20H2,1-4H3/b31-29+. The number of carbonyl (C=O) groups is 2. The zero-order valence-electron chi connectivity index (χ0n) is 23.1. The van der Waals surface area contributed by atoms with Gasteiger partial charge in [-0.15, -0.1) is 0 Å². The molecule has 0 spiro atoms. The molecule has 0 bridgehead atoms. The summed E-state index contributed by atoms with van der Waals surface area (Å²) < 4.78 is 11.9. The van der Waals surface area contributed by atoms with Crippen molar-refractivity contribution in [2.24, 2.45) is 5.92 Å². The molecule has 3 aromatic carbocycles. The minimum absolute atomic E-state index is 0.0767. The largest absolute Gasteiger partial charge is 0.507 e. The first-order valence-electron chi connectivity index (χ1n) is 13.6. The Labute approximate surface area is 230 Å². The van der Waals surface area contributed by atoms with E-state index in [0.29, 0.717) is 54.7 Å². The number of ketones is 1. The van der Waals surface area contributed by atoms with Crippen LogP contribution in [-0.4, -0.2) is 41.5 Å². The van der Waals surface area contributed by atoms with Crippen LogP contribution in [0.5, 0.6) is 11.5 Å². The Morgan fingerprint density at radius 3 is 2.33 bits per heavy atom. The van der Waals surface area contributed by atoms with Crippen LogP contribution in [0.3, 0.4) is 0 Å². The number of carbonyl (C=O) groups excluding carboxylic acids is 2. The maximum atomic E-state index is 13.4. The molecule has 0 aliphatic carbocycles. The van der Waals surface area contributed by atoms with Crippen LogP contribution in [0.4, 0.5) is 0 Å². The number of ether oxygens (including phenoxy) is 2. The summed E-state index contributed by atoms with van der Waals surface area (Å²) in [5, 5.41) is 11.4. The smallest absolute Gasteiger partial charge is 0.295 e. The number of hydrogen-bond donors (Lipinski definition) is 1. The van der Waals surface area contributed by atoms with Gasteiger partial charge >= 0.3 is 0 Å². The molecule has 1 aliphatic rings. The molecule has 0 radical (unpaired) electrons. The summed E-state index contributed by atoms with van der Waals surface area (Å²) in [4.78, 5) is 28.3. The van der Waals surface area contributed by atoms with Crippen molar-refractivity contribution in [1.29, 1.82) is 0 Å². The molecule has 1 heterocycles. The average Bonchev–Trinajstić information content (AvgIpc) is 3.18. The molecule has 1 saturated heterocycles. The summed E-state index contributed by atoms with van der Waals surface area (Å²) >= 11 is 0. The van der Waals surface area contributed by atoms with Gasteiger partial charge in [-0.1, -0.05) is 80.1 Å². The number of nitrogens with zero attached hydrogens (tertiary/aromatic N) is 1. The predicted octanol–water partition coefficient (Wildman–Crippen LogP) is 6.48. The number of aryl methyl sites for hydroxylation is 1. The molecule has 39 heavy (non-hydrogen) atoms. The van der Waals surface area contributed by atoms with Gasteiger partial charge in [-0.2, -0.15) is 0 Å². The highest BCUT2D eigenvalue weighted by Gasteiger charge is 2.46. The van der Waals surface area contributed by atoms with Crippen LogP contribution in [0.1, 0.15) is 55.5 Å². The van der Waals surface area contributed by atoms with Gasteiger partial charge in [0.2, 0.25) is 0 Å². The van der Waals surface area contributed by atoms with Crippen LogP contribution in [0.2, 0.25) is 0 Å². The van der Waals surface area contributed by atoms with Gasteiger partial charge in [-0.25, -0.2) is 0 Å². The highest BCUT2D eigenvalue weighted by atomic mass is 16.5. The molecule has 6 nitrogen and oxygen atoms in total. The van der Waals surface area contributed by atoms with Crippen molar-refractivity contribution < 1.29 is 24.2 Å². The SMILES string of the molecule is CCOc1cc(C2/C(=C(\O)c3ccc(C)cc3)C(=O)C(=O)N2CCc2ccccc2)ccc1OCCC(C)C. The van der Waals surface area contributed by atoms with Gasteiger partial charge in [0.1, 0.15) is 5.76 Å². The zero-order chi connectivity index (χ0) is 27.9. The van der Waals surface area contributed by atoms with Gasteiger partial charge < -0.3 is 19.5 Å². The Balaban J connectivity index is 1.77. The van der Waals surface area contributed by atoms with E-state index in [1.807, 2.05) is 74.5 Å². The predicted molar refractivity (Wildman–Crippen MR) is 153 cm³/mol. The number of likely N-dealkylation sites (tertiary alicyclic amines) is 1. The number of hydrogen-bond acceptors (Lipinski definition) is 5. The second-order valence-corrected chi connectivity index (χ2v) is 10.3. The van der Waals surface area contributed by atoms with E-state index in [1.165, 1.54) is 0 Å². The summed E-state index contributed by atoms with van der Waals surface area (Å²) in [6.07, 6.45) is 1.48.